The second-order valence-corrected chi connectivity index (χ2v) is 2.50. The van der Waals surface area contributed by atoms with E-state index in [0.717, 1.165) is 12.1 Å². The standard InChI is InChI=1S/C8H13N3O/c1-2-9-5-8(12)7-3-10-6-11-4-7/h3-4,6,8-9,12H,2,5H2,1H3. The molecule has 0 spiro atoms. The average Bonchev–Trinajstić information content (AvgIpc) is 2.15. The molecule has 4 nitrogen and oxygen atoms in total. The van der Waals surface area contributed by atoms with Crippen molar-refractivity contribution in [3.8, 4) is 0 Å². The van der Waals surface area contributed by atoms with E-state index in [4.69, 9.17) is 0 Å². The summed E-state index contributed by atoms with van der Waals surface area (Å²) in [6.45, 7) is 3.39. The molecule has 0 bridgehead atoms. The highest BCUT2D eigenvalue weighted by molar-refractivity contribution is 5.06. The summed E-state index contributed by atoms with van der Waals surface area (Å²) >= 11 is 0. The van der Waals surface area contributed by atoms with E-state index in [0.29, 0.717) is 6.54 Å². The minimum absolute atomic E-state index is 0.508. The number of likely N-dealkylation sites (N-methyl/N-ethyl adjacent to an activating group) is 1. The van der Waals surface area contributed by atoms with Gasteiger partial charge in [0.25, 0.3) is 0 Å². The summed E-state index contributed by atoms with van der Waals surface area (Å²) in [7, 11) is 0. The van der Waals surface area contributed by atoms with Crippen molar-refractivity contribution in [1.82, 2.24) is 15.3 Å². The predicted octanol–water partition coefficient (Wildman–Crippen LogP) is 0.119. The maximum absolute atomic E-state index is 9.51. The number of hydrogen-bond donors (Lipinski definition) is 2. The minimum Gasteiger partial charge on any atom is -0.387 e. The van der Waals surface area contributed by atoms with Gasteiger partial charge in [-0.05, 0) is 6.54 Å². The van der Waals surface area contributed by atoms with E-state index in [2.05, 4.69) is 15.3 Å². The molecule has 0 saturated carbocycles. The maximum Gasteiger partial charge on any atom is 0.115 e. The zero-order valence-electron chi connectivity index (χ0n) is 7.07. The van der Waals surface area contributed by atoms with Crippen LogP contribution in [0.2, 0.25) is 0 Å². The van der Waals surface area contributed by atoms with Gasteiger partial charge in [-0.25, -0.2) is 9.97 Å². The Bertz CT molecular complexity index is 215. The molecule has 0 amide bonds. The summed E-state index contributed by atoms with van der Waals surface area (Å²) in [5.74, 6) is 0. The number of nitrogens with one attached hydrogen (secondary N) is 1. The zero-order chi connectivity index (χ0) is 8.81. The number of rotatable bonds is 4. The molecule has 0 radical (unpaired) electrons. The molecule has 1 aromatic heterocycles. The van der Waals surface area contributed by atoms with E-state index in [-0.39, 0.29) is 0 Å². The van der Waals surface area contributed by atoms with E-state index in [1.165, 1.54) is 6.33 Å². The van der Waals surface area contributed by atoms with Gasteiger partial charge >= 0.3 is 0 Å². The Labute approximate surface area is 71.7 Å². The SMILES string of the molecule is CCNCC(O)c1cncnc1. The summed E-state index contributed by atoms with van der Waals surface area (Å²) in [6, 6.07) is 0. The molecule has 0 saturated heterocycles. The molecular weight excluding hydrogens is 154 g/mol. The van der Waals surface area contributed by atoms with E-state index in [1.54, 1.807) is 12.4 Å². The molecule has 4 heteroatoms. The number of hydrogen-bond acceptors (Lipinski definition) is 4. The molecule has 1 unspecified atom stereocenters. The monoisotopic (exact) mass is 167 g/mol. The summed E-state index contributed by atoms with van der Waals surface area (Å²) in [5, 5.41) is 12.6. The van der Waals surface area contributed by atoms with Crippen LogP contribution >= 0.6 is 0 Å². The number of aromatic nitrogens is 2. The summed E-state index contributed by atoms with van der Waals surface area (Å²) < 4.78 is 0. The fraction of sp³-hybridized carbons (Fsp3) is 0.500. The number of nitrogens with zero attached hydrogens (tertiary/aromatic N) is 2. The van der Waals surface area contributed by atoms with E-state index in [1.807, 2.05) is 6.92 Å². The van der Waals surface area contributed by atoms with E-state index < -0.39 is 6.10 Å². The molecule has 2 N–H and O–H groups in total. The van der Waals surface area contributed by atoms with Gasteiger partial charge in [0, 0.05) is 24.5 Å². The molecule has 1 atom stereocenters. The maximum atomic E-state index is 9.51. The van der Waals surface area contributed by atoms with Crippen LogP contribution in [0.5, 0.6) is 0 Å². The van der Waals surface area contributed by atoms with Crippen LogP contribution in [-0.2, 0) is 0 Å². The first-order chi connectivity index (χ1) is 5.84. The van der Waals surface area contributed by atoms with Crippen molar-refractivity contribution in [2.24, 2.45) is 0 Å². The van der Waals surface area contributed by atoms with Crippen molar-refractivity contribution in [2.75, 3.05) is 13.1 Å². The van der Waals surface area contributed by atoms with Crippen molar-refractivity contribution in [3.63, 3.8) is 0 Å². The molecule has 1 heterocycles. The molecule has 1 rings (SSSR count). The second kappa shape index (κ2) is 4.79. The Morgan fingerprint density at radius 2 is 2.17 bits per heavy atom. The molecule has 0 aliphatic rings. The highest BCUT2D eigenvalue weighted by Gasteiger charge is 2.05. The summed E-state index contributed by atoms with van der Waals surface area (Å²) in [4.78, 5) is 7.63. The molecule has 0 aliphatic heterocycles. The van der Waals surface area contributed by atoms with Crippen LogP contribution in [0.4, 0.5) is 0 Å². The van der Waals surface area contributed by atoms with Crippen molar-refractivity contribution < 1.29 is 5.11 Å². The topological polar surface area (TPSA) is 58.0 Å². The van der Waals surface area contributed by atoms with Gasteiger partial charge in [0.2, 0.25) is 0 Å². The highest BCUT2D eigenvalue weighted by Crippen LogP contribution is 2.07. The predicted molar refractivity (Wildman–Crippen MR) is 45.5 cm³/mol. The average molecular weight is 167 g/mol. The second-order valence-electron chi connectivity index (χ2n) is 2.50. The van der Waals surface area contributed by atoms with Gasteiger partial charge in [-0.1, -0.05) is 6.92 Å². The Balaban J connectivity index is 2.48. The van der Waals surface area contributed by atoms with Gasteiger partial charge < -0.3 is 10.4 Å². The fourth-order valence-corrected chi connectivity index (χ4v) is 0.882. The molecule has 0 fully saturated rings. The highest BCUT2D eigenvalue weighted by atomic mass is 16.3. The van der Waals surface area contributed by atoms with Crippen molar-refractivity contribution in [2.45, 2.75) is 13.0 Å². The van der Waals surface area contributed by atoms with Gasteiger partial charge in [0.05, 0.1) is 6.10 Å². The van der Waals surface area contributed by atoms with Crippen LogP contribution in [0.1, 0.15) is 18.6 Å². The van der Waals surface area contributed by atoms with Crippen LogP contribution < -0.4 is 5.32 Å². The Hall–Kier alpha value is -1.00. The molecule has 0 aromatic carbocycles. The van der Waals surface area contributed by atoms with Crippen LogP contribution in [-0.4, -0.2) is 28.2 Å². The van der Waals surface area contributed by atoms with Gasteiger partial charge in [-0.15, -0.1) is 0 Å². The third kappa shape index (κ3) is 2.56. The Morgan fingerprint density at radius 1 is 1.50 bits per heavy atom. The lowest BCUT2D eigenvalue weighted by Crippen LogP contribution is -2.20. The third-order valence-electron chi connectivity index (χ3n) is 1.55. The molecular formula is C8H13N3O. The number of aliphatic hydroxyl groups excluding tert-OH is 1. The molecule has 66 valence electrons. The quantitative estimate of drug-likeness (QED) is 0.668. The first-order valence-electron chi connectivity index (χ1n) is 3.98. The van der Waals surface area contributed by atoms with Crippen molar-refractivity contribution in [1.29, 1.82) is 0 Å². The van der Waals surface area contributed by atoms with Gasteiger partial charge in [0.15, 0.2) is 0 Å². The summed E-state index contributed by atoms with van der Waals surface area (Å²) in [6.07, 6.45) is 4.18. The Morgan fingerprint density at radius 3 is 2.75 bits per heavy atom. The first kappa shape index (κ1) is 9.09. The lowest BCUT2D eigenvalue weighted by molar-refractivity contribution is 0.175. The van der Waals surface area contributed by atoms with Crippen LogP contribution in [0.25, 0.3) is 0 Å². The van der Waals surface area contributed by atoms with E-state index >= 15 is 0 Å². The smallest absolute Gasteiger partial charge is 0.115 e. The van der Waals surface area contributed by atoms with E-state index in [9.17, 15) is 5.11 Å². The van der Waals surface area contributed by atoms with Gasteiger partial charge in [-0.2, -0.15) is 0 Å². The zero-order valence-corrected chi connectivity index (χ0v) is 7.07. The third-order valence-corrected chi connectivity index (χ3v) is 1.55. The van der Waals surface area contributed by atoms with Gasteiger partial charge in [-0.3, -0.25) is 0 Å². The van der Waals surface area contributed by atoms with Crippen LogP contribution in [0.15, 0.2) is 18.7 Å². The Kier molecular flexibility index (Phi) is 3.63. The number of aliphatic hydroxyl groups is 1. The normalized spacial score (nSPS) is 12.8. The van der Waals surface area contributed by atoms with Crippen molar-refractivity contribution >= 4 is 0 Å². The van der Waals surface area contributed by atoms with Crippen LogP contribution in [0.3, 0.4) is 0 Å². The van der Waals surface area contributed by atoms with Gasteiger partial charge in [0.1, 0.15) is 6.33 Å². The molecule has 0 aliphatic carbocycles. The van der Waals surface area contributed by atoms with Crippen molar-refractivity contribution in [3.05, 3.63) is 24.3 Å². The molecule has 12 heavy (non-hydrogen) atoms. The minimum atomic E-state index is -0.508. The molecule has 1 aromatic rings. The first-order valence-corrected chi connectivity index (χ1v) is 3.98. The fourth-order valence-electron chi connectivity index (χ4n) is 0.882. The summed E-state index contributed by atoms with van der Waals surface area (Å²) in [5.41, 5.74) is 0.749. The lowest BCUT2D eigenvalue weighted by atomic mass is 10.2. The van der Waals surface area contributed by atoms with Crippen LogP contribution in [0, 0.1) is 0 Å². The largest absolute Gasteiger partial charge is 0.387 e. The lowest BCUT2D eigenvalue weighted by Gasteiger charge is -2.09.